The van der Waals surface area contributed by atoms with Crippen LogP contribution in [0.2, 0.25) is 0 Å². The largest absolute Gasteiger partial charge is 0.332 e. The van der Waals surface area contributed by atoms with Gasteiger partial charge in [-0.1, -0.05) is 0 Å². The van der Waals surface area contributed by atoms with Crippen molar-refractivity contribution >= 4 is 49.1 Å². The molecule has 0 fully saturated rings. The van der Waals surface area contributed by atoms with Gasteiger partial charge in [-0.3, -0.25) is 4.55 Å². The van der Waals surface area contributed by atoms with Crippen LogP contribution in [0.25, 0.3) is 21.8 Å². The van der Waals surface area contributed by atoms with Crippen LogP contribution in [0.1, 0.15) is 62.8 Å². The van der Waals surface area contributed by atoms with Gasteiger partial charge in [0.15, 0.2) is 0 Å². The average molecular weight is 565 g/mol. The van der Waals surface area contributed by atoms with E-state index < -0.39 is 10.1 Å². The first kappa shape index (κ1) is 31.3. The zero-order valence-electron chi connectivity index (χ0n) is 26.5. The van der Waals surface area contributed by atoms with Crippen molar-refractivity contribution in [3.05, 3.63) is 62.0 Å². The molecule has 0 aliphatic carbocycles. The molecule has 5 rings (SSSR count). The highest BCUT2D eigenvalue weighted by Gasteiger charge is 2.26. The molecule has 0 unspecified atom stereocenters. The first-order valence-electron chi connectivity index (χ1n) is 13.4. The molecule has 40 heavy (non-hydrogen) atoms. The summed E-state index contributed by atoms with van der Waals surface area (Å²) in [6.07, 6.45) is 0.715. The molecule has 0 amide bonds. The fourth-order valence-electron chi connectivity index (χ4n) is 5.49. The highest BCUT2D eigenvalue weighted by atomic mass is 32.2. The monoisotopic (exact) mass is 564 g/mol. The van der Waals surface area contributed by atoms with E-state index in [4.69, 9.17) is 9.55 Å². The van der Waals surface area contributed by atoms with Gasteiger partial charge in [0.1, 0.15) is 11.7 Å². The molecular formula is C32H44N4O3S. The van der Waals surface area contributed by atoms with Gasteiger partial charge < -0.3 is 9.47 Å². The molecule has 1 aliphatic rings. The Morgan fingerprint density at radius 3 is 1.73 bits per heavy atom. The standard InChI is InChI=1S/C19H24N2.C12H16N2.CH4O3S/c1-9-11(3)16-12(4)10(2)14(6)19-17(16)18(13(9)5)20-15(7)21(19)8;1-7-6-11-12(9(3)8(7)2)13-10(4)14(11)5;1-5(2,3)4/h1-8H3;6H,1-5H3;1H3,(H,2,3,4). The van der Waals surface area contributed by atoms with E-state index in [0.717, 1.165) is 17.2 Å². The Balaban J connectivity index is 0.000000200. The smallest absolute Gasteiger partial charge is 0.261 e. The fourth-order valence-corrected chi connectivity index (χ4v) is 5.49. The topological polar surface area (TPSA) is 87.8 Å². The molecular weight excluding hydrogens is 520 g/mol. The third-order valence-corrected chi connectivity index (χ3v) is 8.75. The fraction of sp³-hybridized carbons (Fsp3) is 0.438. The van der Waals surface area contributed by atoms with Gasteiger partial charge in [-0.2, -0.15) is 8.42 Å². The van der Waals surface area contributed by atoms with Gasteiger partial charge in [0.25, 0.3) is 10.1 Å². The number of rotatable bonds is 0. The second-order valence-electron chi connectivity index (χ2n) is 11.2. The summed E-state index contributed by atoms with van der Waals surface area (Å²) in [5.41, 5.74) is 17.2. The summed E-state index contributed by atoms with van der Waals surface area (Å²) in [7, 11) is 0.529. The van der Waals surface area contributed by atoms with Crippen molar-refractivity contribution in [2.75, 3.05) is 18.2 Å². The molecule has 1 aromatic heterocycles. The van der Waals surface area contributed by atoms with Crippen LogP contribution in [0.4, 0.5) is 11.4 Å². The van der Waals surface area contributed by atoms with Gasteiger partial charge in [0, 0.05) is 19.5 Å². The molecule has 0 saturated heterocycles. The maximum atomic E-state index is 9.19. The number of hydrogen-bond donors (Lipinski definition) is 1. The molecule has 1 N–H and O–H groups in total. The van der Waals surface area contributed by atoms with E-state index in [9.17, 15) is 8.42 Å². The molecule has 4 aromatic rings. The molecule has 7 nitrogen and oxygen atoms in total. The number of anilines is 1. The van der Waals surface area contributed by atoms with Crippen LogP contribution in [0.5, 0.6) is 0 Å². The van der Waals surface area contributed by atoms with Crippen LogP contribution in [-0.2, 0) is 17.2 Å². The van der Waals surface area contributed by atoms with E-state index in [-0.39, 0.29) is 0 Å². The average Bonchev–Trinajstić information content (AvgIpc) is 3.14. The lowest BCUT2D eigenvalue weighted by Crippen LogP contribution is -2.27. The molecule has 0 saturated carbocycles. The maximum Gasteiger partial charge on any atom is 0.261 e. The Morgan fingerprint density at radius 2 is 1.20 bits per heavy atom. The van der Waals surface area contributed by atoms with Gasteiger partial charge in [-0.15, -0.1) is 0 Å². The van der Waals surface area contributed by atoms with E-state index in [2.05, 4.69) is 104 Å². The lowest BCUT2D eigenvalue weighted by atomic mass is 9.86. The summed E-state index contributed by atoms with van der Waals surface area (Å²) in [5, 5.41) is 2.73. The van der Waals surface area contributed by atoms with Crippen LogP contribution in [0.3, 0.4) is 0 Å². The normalized spacial score (nSPS) is 12.7. The van der Waals surface area contributed by atoms with Gasteiger partial charge in [0.05, 0.1) is 28.7 Å². The van der Waals surface area contributed by atoms with Crippen LogP contribution < -0.4 is 4.90 Å². The second-order valence-corrected chi connectivity index (χ2v) is 12.6. The van der Waals surface area contributed by atoms with E-state index in [0.29, 0.717) is 6.26 Å². The van der Waals surface area contributed by atoms with Crippen LogP contribution >= 0.6 is 0 Å². The molecule has 8 heteroatoms. The number of amidine groups is 1. The summed E-state index contributed by atoms with van der Waals surface area (Å²) in [6, 6.07) is 2.22. The lowest BCUT2D eigenvalue weighted by molar-refractivity contribution is 0.490. The Morgan fingerprint density at radius 1 is 0.700 bits per heavy atom. The number of nitrogens with zero attached hydrogens (tertiary/aromatic N) is 4. The zero-order valence-corrected chi connectivity index (χ0v) is 27.4. The Bertz CT molecular complexity index is 1800. The number of aromatic nitrogens is 2. The predicted molar refractivity (Wildman–Crippen MR) is 171 cm³/mol. The minimum atomic E-state index is -3.67. The third-order valence-electron chi connectivity index (χ3n) is 8.75. The highest BCUT2D eigenvalue weighted by Crippen LogP contribution is 2.47. The van der Waals surface area contributed by atoms with Crippen LogP contribution in [0, 0.1) is 69.2 Å². The Kier molecular flexibility index (Phi) is 8.59. The predicted octanol–water partition coefficient (Wildman–Crippen LogP) is 7.50. The van der Waals surface area contributed by atoms with Crippen molar-refractivity contribution in [2.24, 2.45) is 12.0 Å². The van der Waals surface area contributed by atoms with Crippen molar-refractivity contribution in [1.82, 2.24) is 9.55 Å². The SMILES string of the molecule is CC1=Nc2c(C)c(C)c(C)c3c(C)c(C)c(C)c(c23)N1C.CS(=O)(=O)O.Cc1cc2c(nc(C)n2C)c(C)c1C. The van der Waals surface area contributed by atoms with Crippen molar-refractivity contribution < 1.29 is 13.0 Å². The third kappa shape index (κ3) is 5.52. The van der Waals surface area contributed by atoms with Crippen molar-refractivity contribution in [1.29, 1.82) is 0 Å². The van der Waals surface area contributed by atoms with E-state index in [1.54, 1.807) is 0 Å². The Hall–Kier alpha value is -3.23. The quantitative estimate of drug-likeness (QED) is 0.223. The molecule has 0 atom stereocenters. The van der Waals surface area contributed by atoms with E-state index in [1.807, 2.05) is 6.92 Å². The second kappa shape index (κ2) is 11.0. The minimum Gasteiger partial charge on any atom is -0.332 e. The van der Waals surface area contributed by atoms with Gasteiger partial charge in [-0.05, 0) is 138 Å². The molecule has 0 spiro atoms. The molecule has 0 radical (unpaired) electrons. The maximum absolute atomic E-state index is 9.19. The number of benzene rings is 3. The van der Waals surface area contributed by atoms with E-state index >= 15 is 0 Å². The van der Waals surface area contributed by atoms with Crippen LogP contribution in [-0.4, -0.2) is 41.7 Å². The molecule has 1 aliphatic heterocycles. The molecule has 216 valence electrons. The summed E-state index contributed by atoms with van der Waals surface area (Å²) in [5.74, 6) is 2.15. The summed E-state index contributed by atoms with van der Waals surface area (Å²) in [6.45, 7) is 24.0. The lowest BCUT2D eigenvalue weighted by Gasteiger charge is -2.32. The summed E-state index contributed by atoms with van der Waals surface area (Å²) >= 11 is 0. The number of imidazole rings is 1. The van der Waals surface area contributed by atoms with Gasteiger partial charge >= 0.3 is 0 Å². The minimum absolute atomic E-state index is 0.715. The van der Waals surface area contributed by atoms with Crippen LogP contribution in [0.15, 0.2) is 11.1 Å². The van der Waals surface area contributed by atoms with Crippen molar-refractivity contribution in [3.63, 3.8) is 0 Å². The Labute approximate surface area is 239 Å². The van der Waals surface area contributed by atoms with Crippen molar-refractivity contribution in [2.45, 2.75) is 76.2 Å². The first-order chi connectivity index (χ1) is 18.3. The number of hydrogen-bond acceptors (Lipinski definition) is 5. The van der Waals surface area contributed by atoms with Crippen molar-refractivity contribution in [3.8, 4) is 0 Å². The summed E-state index contributed by atoms with van der Waals surface area (Å²) in [4.78, 5) is 11.7. The molecule has 3 aromatic carbocycles. The number of fused-ring (bicyclic) bond motifs is 1. The highest BCUT2D eigenvalue weighted by molar-refractivity contribution is 7.85. The summed E-state index contributed by atoms with van der Waals surface area (Å²) < 4.78 is 28.0. The molecule has 0 bridgehead atoms. The zero-order chi connectivity index (χ0) is 30.6. The van der Waals surface area contributed by atoms with Gasteiger partial charge in [-0.25, -0.2) is 9.98 Å². The number of aryl methyl sites for hydroxylation is 6. The van der Waals surface area contributed by atoms with E-state index in [1.165, 1.54) is 77.7 Å². The number of aliphatic imine (C=N–C) groups is 1. The molecule has 2 heterocycles. The van der Waals surface area contributed by atoms with Gasteiger partial charge in [0.2, 0.25) is 0 Å². The first-order valence-corrected chi connectivity index (χ1v) is 15.3.